The molecule has 2 fully saturated rings. The lowest BCUT2D eigenvalue weighted by atomic mass is 9.91. The number of nitrogens with two attached hydrogens (primary N) is 1. The number of amides is 1. The van der Waals surface area contributed by atoms with Gasteiger partial charge in [-0.15, -0.1) is 0 Å². The fourth-order valence-corrected chi connectivity index (χ4v) is 6.14. The molecule has 1 saturated carbocycles. The van der Waals surface area contributed by atoms with E-state index in [9.17, 15) is 23.2 Å². The van der Waals surface area contributed by atoms with Gasteiger partial charge in [0.1, 0.15) is 6.10 Å². The first-order valence-corrected chi connectivity index (χ1v) is 14.8. The number of esters is 1. The summed E-state index contributed by atoms with van der Waals surface area (Å²) in [5.41, 5.74) is 5.39. The zero-order chi connectivity index (χ0) is 30.1. The Balaban J connectivity index is 1.45. The van der Waals surface area contributed by atoms with Crippen LogP contribution in [0.3, 0.4) is 0 Å². The molecule has 3 aliphatic rings. The van der Waals surface area contributed by atoms with Crippen LogP contribution in [0.15, 0.2) is 36.4 Å². The monoisotopic (exact) mass is 584 g/mol. The van der Waals surface area contributed by atoms with Gasteiger partial charge in [-0.3, -0.25) is 14.4 Å². The van der Waals surface area contributed by atoms with Crippen molar-refractivity contribution in [2.75, 3.05) is 13.2 Å². The standard InChI is InChI=1S/C31H38F2N4O5/c1-3-41-29(40)31-16-19(31)11-7-5-4-6-8-12-21(34)28(39)37-18-20(15-24(37)25(38)17-31)42-27-26(30(2,32)33)35-22-13-9-10-14-23(22)36-27/h7,9-11,13-14,19-21,24H,3-6,8,12,15-18,34H2,1-2H3/b11-7-/t19-,20-,21+,24+,31-/m1/s1. The molecule has 226 valence electrons. The summed E-state index contributed by atoms with van der Waals surface area (Å²) in [6.45, 7) is 2.61. The van der Waals surface area contributed by atoms with E-state index in [0.29, 0.717) is 23.9 Å². The van der Waals surface area contributed by atoms with Crippen LogP contribution in [0.1, 0.15) is 70.9 Å². The second-order valence-electron chi connectivity index (χ2n) is 11.7. The minimum absolute atomic E-state index is 0.0259. The molecule has 2 N–H and O–H groups in total. The molecule has 1 aromatic carbocycles. The van der Waals surface area contributed by atoms with Crippen molar-refractivity contribution in [1.29, 1.82) is 0 Å². The Morgan fingerprint density at radius 2 is 1.90 bits per heavy atom. The first kappa shape index (κ1) is 30.0. The summed E-state index contributed by atoms with van der Waals surface area (Å²) in [5, 5.41) is 0. The van der Waals surface area contributed by atoms with Gasteiger partial charge in [0.25, 0.3) is 5.92 Å². The highest BCUT2D eigenvalue weighted by Gasteiger charge is 2.61. The van der Waals surface area contributed by atoms with E-state index in [-0.39, 0.29) is 43.6 Å². The van der Waals surface area contributed by atoms with Crippen molar-refractivity contribution in [2.45, 2.75) is 89.3 Å². The molecule has 3 heterocycles. The van der Waals surface area contributed by atoms with Gasteiger partial charge in [0.05, 0.1) is 41.7 Å². The van der Waals surface area contributed by atoms with E-state index in [1.165, 1.54) is 4.90 Å². The smallest absolute Gasteiger partial charge is 0.313 e. The van der Waals surface area contributed by atoms with Crippen molar-refractivity contribution >= 4 is 28.7 Å². The summed E-state index contributed by atoms with van der Waals surface area (Å²) in [6, 6.07) is 4.90. The highest BCUT2D eigenvalue weighted by molar-refractivity contribution is 5.95. The summed E-state index contributed by atoms with van der Waals surface area (Å²) in [5.74, 6) is -4.91. The van der Waals surface area contributed by atoms with E-state index < -0.39 is 47.1 Å². The number of rotatable bonds is 5. The van der Waals surface area contributed by atoms with Crippen LogP contribution in [0.4, 0.5) is 8.78 Å². The highest BCUT2D eigenvalue weighted by Crippen LogP contribution is 2.57. The summed E-state index contributed by atoms with van der Waals surface area (Å²) in [6.07, 6.45) is 7.59. The van der Waals surface area contributed by atoms with Gasteiger partial charge < -0.3 is 20.1 Å². The van der Waals surface area contributed by atoms with Crippen molar-refractivity contribution in [2.24, 2.45) is 17.1 Å². The van der Waals surface area contributed by atoms with Crippen molar-refractivity contribution in [3.05, 3.63) is 42.1 Å². The lowest BCUT2D eigenvalue weighted by molar-refractivity contribution is -0.152. The van der Waals surface area contributed by atoms with E-state index >= 15 is 0 Å². The van der Waals surface area contributed by atoms with Crippen LogP contribution in [0.25, 0.3) is 11.0 Å². The van der Waals surface area contributed by atoms with Crippen LogP contribution in [0, 0.1) is 11.3 Å². The Labute approximate surface area is 243 Å². The predicted molar refractivity (Wildman–Crippen MR) is 151 cm³/mol. The van der Waals surface area contributed by atoms with Gasteiger partial charge in [-0.1, -0.05) is 37.1 Å². The molecular weight excluding hydrogens is 546 g/mol. The van der Waals surface area contributed by atoms with E-state index in [0.717, 1.165) is 32.6 Å². The Morgan fingerprint density at radius 3 is 2.62 bits per heavy atom. The molecule has 0 bridgehead atoms. The topological polar surface area (TPSA) is 125 Å². The number of ether oxygens (including phenoxy) is 2. The molecule has 1 amide bonds. The van der Waals surface area contributed by atoms with Crippen LogP contribution in [-0.4, -0.2) is 63.9 Å². The largest absolute Gasteiger partial charge is 0.471 e. The number of para-hydroxylation sites is 2. The van der Waals surface area contributed by atoms with Crippen LogP contribution in [0.2, 0.25) is 0 Å². The van der Waals surface area contributed by atoms with Crippen LogP contribution in [-0.2, 0) is 25.0 Å². The predicted octanol–water partition coefficient (Wildman–Crippen LogP) is 4.47. The van der Waals surface area contributed by atoms with Crippen LogP contribution < -0.4 is 10.5 Å². The first-order chi connectivity index (χ1) is 20.0. The number of halogens is 2. The number of Topliss-reactive ketones (excluding diaryl/α,β-unsaturated/α-hetero) is 1. The van der Waals surface area contributed by atoms with Crippen LogP contribution >= 0.6 is 0 Å². The molecular formula is C31H38F2N4O5. The minimum atomic E-state index is -3.34. The number of fused-ring (bicyclic) bond motifs is 3. The Hall–Kier alpha value is -3.47. The average molecular weight is 585 g/mol. The van der Waals surface area contributed by atoms with Gasteiger partial charge >= 0.3 is 5.97 Å². The lowest BCUT2D eigenvalue weighted by Gasteiger charge is -2.27. The first-order valence-electron chi connectivity index (χ1n) is 14.8. The van der Waals surface area contributed by atoms with Gasteiger partial charge in [0.2, 0.25) is 11.8 Å². The second kappa shape index (κ2) is 12.0. The number of hydrogen-bond donors (Lipinski definition) is 1. The number of hydrogen-bond acceptors (Lipinski definition) is 8. The molecule has 1 aromatic heterocycles. The van der Waals surface area contributed by atoms with Crippen molar-refractivity contribution in [1.82, 2.24) is 14.9 Å². The number of alkyl halides is 2. The quantitative estimate of drug-likeness (QED) is 0.403. The number of carbonyl (C=O) groups excluding carboxylic acids is 3. The molecule has 0 radical (unpaired) electrons. The number of ketones is 1. The third-order valence-corrected chi connectivity index (χ3v) is 8.53. The maximum absolute atomic E-state index is 14.6. The molecule has 0 unspecified atom stereocenters. The Bertz CT molecular complexity index is 1380. The molecule has 5 atom stereocenters. The summed E-state index contributed by atoms with van der Waals surface area (Å²) in [4.78, 5) is 50.3. The number of allylic oxidation sites excluding steroid dienone is 2. The number of nitrogens with zero attached hydrogens (tertiary/aromatic N) is 3. The maximum Gasteiger partial charge on any atom is 0.313 e. The van der Waals surface area contributed by atoms with E-state index in [1.54, 1.807) is 31.2 Å². The van der Waals surface area contributed by atoms with E-state index in [2.05, 4.69) is 16.0 Å². The molecule has 42 heavy (non-hydrogen) atoms. The highest BCUT2D eigenvalue weighted by atomic mass is 19.3. The summed E-state index contributed by atoms with van der Waals surface area (Å²) < 4.78 is 40.6. The van der Waals surface area contributed by atoms with E-state index in [1.807, 2.05) is 6.08 Å². The summed E-state index contributed by atoms with van der Waals surface area (Å²) in [7, 11) is 0. The lowest BCUT2D eigenvalue weighted by Crippen LogP contribution is -2.49. The molecule has 5 rings (SSSR count). The molecule has 9 nitrogen and oxygen atoms in total. The average Bonchev–Trinajstić information content (AvgIpc) is 3.48. The second-order valence-corrected chi connectivity index (χ2v) is 11.7. The van der Waals surface area contributed by atoms with Gasteiger partial charge in [-0.25, -0.2) is 9.97 Å². The van der Waals surface area contributed by atoms with Gasteiger partial charge in [0, 0.05) is 19.8 Å². The molecule has 0 spiro atoms. The van der Waals surface area contributed by atoms with Crippen molar-refractivity contribution in [3.63, 3.8) is 0 Å². The number of aromatic nitrogens is 2. The molecule has 2 aromatic rings. The maximum atomic E-state index is 14.6. The fourth-order valence-electron chi connectivity index (χ4n) is 6.14. The third-order valence-electron chi connectivity index (χ3n) is 8.53. The third kappa shape index (κ3) is 6.16. The minimum Gasteiger partial charge on any atom is -0.471 e. The van der Waals surface area contributed by atoms with Crippen LogP contribution in [0.5, 0.6) is 5.88 Å². The Kier molecular flexibility index (Phi) is 8.59. The molecule has 1 aliphatic carbocycles. The summed E-state index contributed by atoms with van der Waals surface area (Å²) >= 11 is 0. The van der Waals surface area contributed by atoms with Crippen molar-refractivity contribution < 1.29 is 32.6 Å². The zero-order valence-electron chi connectivity index (χ0n) is 24.1. The van der Waals surface area contributed by atoms with Crippen molar-refractivity contribution in [3.8, 4) is 5.88 Å². The SMILES string of the molecule is CCOC(=O)[C@]12CC(=O)[C@@H]3C[C@@H](Oc4nc5ccccc5nc4C(C)(F)F)CN3C(=O)[C@@H](N)CCCCC/C=C\[C@@H]1C2. The molecule has 1 saturated heterocycles. The van der Waals surface area contributed by atoms with Gasteiger partial charge in [-0.05, 0) is 50.7 Å². The van der Waals surface area contributed by atoms with Gasteiger partial charge in [0.15, 0.2) is 11.5 Å². The fraction of sp³-hybridized carbons (Fsp3) is 0.581. The normalized spacial score (nSPS) is 29.7. The molecule has 2 aliphatic heterocycles. The van der Waals surface area contributed by atoms with Gasteiger partial charge in [-0.2, -0.15) is 8.78 Å². The number of carbonyl (C=O) groups is 3. The number of benzene rings is 1. The molecule has 11 heteroatoms. The van der Waals surface area contributed by atoms with E-state index in [4.69, 9.17) is 15.2 Å². The zero-order valence-corrected chi connectivity index (χ0v) is 24.1. The Morgan fingerprint density at radius 1 is 1.17 bits per heavy atom.